The molecule has 8 heteroatoms. The van der Waals surface area contributed by atoms with Crippen molar-refractivity contribution in [1.29, 1.82) is 0 Å². The van der Waals surface area contributed by atoms with E-state index in [1.165, 1.54) is 12.3 Å². The molecular formula is C9H13N5O2S. The van der Waals surface area contributed by atoms with Crippen LogP contribution in [0.25, 0.3) is 0 Å². The molecule has 0 unspecified atom stereocenters. The lowest BCUT2D eigenvalue weighted by Gasteiger charge is -2.02. The molecule has 0 saturated heterocycles. The summed E-state index contributed by atoms with van der Waals surface area (Å²) in [6.07, 6.45) is 5.56. The second-order valence-corrected chi connectivity index (χ2v) is 5.33. The highest BCUT2D eigenvalue weighted by Gasteiger charge is 2.14. The molecule has 0 aliphatic rings. The van der Waals surface area contributed by atoms with Crippen LogP contribution in [0.15, 0.2) is 29.7 Å². The quantitative estimate of drug-likeness (QED) is 0.764. The Labute approximate surface area is 98.9 Å². The topological polar surface area (TPSA) is 92.7 Å². The molecule has 2 aromatic heterocycles. The molecule has 0 saturated carbocycles. The van der Waals surface area contributed by atoms with Gasteiger partial charge >= 0.3 is 0 Å². The molecular weight excluding hydrogens is 242 g/mol. The minimum absolute atomic E-state index is 0.0729. The summed E-state index contributed by atoms with van der Waals surface area (Å²) in [5.74, 6) is 0. The summed E-state index contributed by atoms with van der Waals surface area (Å²) in [6.45, 7) is 0.326. The van der Waals surface area contributed by atoms with Crippen LogP contribution < -0.4 is 4.72 Å². The maximum Gasteiger partial charge on any atom is 0.257 e. The van der Waals surface area contributed by atoms with Crippen LogP contribution in [0.1, 0.15) is 5.56 Å². The Morgan fingerprint density at radius 2 is 2.35 bits per heavy atom. The first-order valence-electron chi connectivity index (χ1n) is 5.04. The van der Waals surface area contributed by atoms with Gasteiger partial charge in [-0.1, -0.05) is 0 Å². The van der Waals surface area contributed by atoms with Crippen LogP contribution in [-0.4, -0.2) is 34.9 Å². The number of aryl methyl sites for hydroxylation is 1. The second-order valence-electron chi connectivity index (χ2n) is 3.59. The predicted octanol–water partition coefficient (Wildman–Crippen LogP) is -0.336. The van der Waals surface area contributed by atoms with Gasteiger partial charge in [0.2, 0.25) is 0 Å². The second kappa shape index (κ2) is 4.68. The van der Waals surface area contributed by atoms with E-state index in [4.69, 9.17) is 0 Å². The highest BCUT2D eigenvalue weighted by molar-refractivity contribution is 7.89. The SMILES string of the molecule is Cn1cc(CCNS(=O)(=O)c2ccn[nH]2)cn1. The van der Waals surface area contributed by atoms with Gasteiger partial charge in [0.25, 0.3) is 10.0 Å². The number of aromatic amines is 1. The van der Waals surface area contributed by atoms with Gasteiger partial charge in [-0.25, -0.2) is 13.1 Å². The smallest absolute Gasteiger partial charge is 0.257 e. The Hall–Kier alpha value is -1.67. The fourth-order valence-electron chi connectivity index (χ4n) is 1.40. The van der Waals surface area contributed by atoms with Gasteiger partial charge in [-0.3, -0.25) is 9.78 Å². The first kappa shape index (κ1) is 11.8. The van der Waals surface area contributed by atoms with E-state index in [0.29, 0.717) is 13.0 Å². The number of nitrogens with one attached hydrogen (secondary N) is 2. The highest BCUT2D eigenvalue weighted by Crippen LogP contribution is 2.03. The zero-order valence-electron chi connectivity index (χ0n) is 9.29. The highest BCUT2D eigenvalue weighted by atomic mass is 32.2. The first-order chi connectivity index (χ1) is 8.08. The van der Waals surface area contributed by atoms with Crippen molar-refractivity contribution in [2.24, 2.45) is 7.05 Å². The van der Waals surface area contributed by atoms with Gasteiger partial charge in [0, 0.05) is 19.8 Å². The summed E-state index contributed by atoms with van der Waals surface area (Å²) in [7, 11) is -1.66. The molecule has 92 valence electrons. The Morgan fingerprint density at radius 1 is 1.53 bits per heavy atom. The average molecular weight is 255 g/mol. The number of sulfonamides is 1. The molecule has 0 bridgehead atoms. The van der Waals surface area contributed by atoms with E-state index < -0.39 is 10.0 Å². The van der Waals surface area contributed by atoms with Gasteiger partial charge in [0.05, 0.1) is 12.4 Å². The van der Waals surface area contributed by atoms with Crippen molar-refractivity contribution in [1.82, 2.24) is 24.7 Å². The predicted molar refractivity (Wildman–Crippen MR) is 60.7 cm³/mol. The summed E-state index contributed by atoms with van der Waals surface area (Å²) in [5, 5.41) is 10.1. The van der Waals surface area contributed by atoms with E-state index in [1.54, 1.807) is 10.9 Å². The van der Waals surface area contributed by atoms with Gasteiger partial charge in [-0.2, -0.15) is 10.2 Å². The summed E-state index contributed by atoms with van der Waals surface area (Å²) in [6, 6.07) is 1.41. The van der Waals surface area contributed by atoms with Crippen molar-refractivity contribution < 1.29 is 8.42 Å². The first-order valence-corrected chi connectivity index (χ1v) is 6.53. The summed E-state index contributed by atoms with van der Waals surface area (Å²) >= 11 is 0. The number of hydrogen-bond acceptors (Lipinski definition) is 4. The minimum atomic E-state index is -3.48. The maximum atomic E-state index is 11.7. The monoisotopic (exact) mass is 255 g/mol. The van der Waals surface area contributed by atoms with Crippen LogP contribution in [0.5, 0.6) is 0 Å². The Bertz CT molecular complexity index is 572. The van der Waals surface area contributed by atoms with Crippen molar-refractivity contribution in [3.63, 3.8) is 0 Å². The van der Waals surface area contributed by atoms with E-state index >= 15 is 0 Å². The lowest BCUT2D eigenvalue weighted by Crippen LogP contribution is -2.26. The molecule has 2 aromatic rings. The molecule has 0 fully saturated rings. The zero-order chi connectivity index (χ0) is 12.3. The van der Waals surface area contributed by atoms with Crippen molar-refractivity contribution in [2.75, 3.05) is 6.54 Å². The van der Waals surface area contributed by atoms with Crippen molar-refractivity contribution in [3.05, 3.63) is 30.2 Å². The lowest BCUT2D eigenvalue weighted by atomic mass is 10.3. The van der Waals surface area contributed by atoms with Gasteiger partial charge in [0.1, 0.15) is 0 Å². The number of H-pyrrole nitrogens is 1. The molecule has 0 spiro atoms. The molecule has 0 aromatic carbocycles. The van der Waals surface area contributed by atoms with E-state index in [9.17, 15) is 8.42 Å². The normalized spacial score (nSPS) is 11.8. The molecule has 0 atom stereocenters. The van der Waals surface area contributed by atoms with E-state index in [0.717, 1.165) is 5.56 Å². The van der Waals surface area contributed by atoms with Crippen LogP contribution in [0.3, 0.4) is 0 Å². The van der Waals surface area contributed by atoms with Crippen molar-refractivity contribution in [3.8, 4) is 0 Å². The zero-order valence-corrected chi connectivity index (χ0v) is 10.1. The van der Waals surface area contributed by atoms with E-state index in [2.05, 4.69) is 20.0 Å². The maximum absolute atomic E-state index is 11.7. The van der Waals surface area contributed by atoms with E-state index in [1.807, 2.05) is 13.2 Å². The Balaban J connectivity index is 1.91. The van der Waals surface area contributed by atoms with E-state index in [-0.39, 0.29) is 5.03 Å². The number of rotatable bonds is 5. The van der Waals surface area contributed by atoms with Gasteiger partial charge < -0.3 is 0 Å². The van der Waals surface area contributed by atoms with Gasteiger partial charge in [-0.05, 0) is 18.1 Å². The molecule has 2 N–H and O–H groups in total. The van der Waals surface area contributed by atoms with Crippen LogP contribution in [0, 0.1) is 0 Å². The molecule has 0 aliphatic heterocycles. The summed E-state index contributed by atoms with van der Waals surface area (Å²) in [4.78, 5) is 0. The largest absolute Gasteiger partial charge is 0.276 e. The molecule has 17 heavy (non-hydrogen) atoms. The third-order valence-electron chi connectivity index (χ3n) is 2.23. The fourth-order valence-corrected chi connectivity index (χ4v) is 2.34. The van der Waals surface area contributed by atoms with Crippen LogP contribution >= 0.6 is 0 Å². The Kier molecular flexibility index (Phi) is 3.25. The number of hydrogen-bond donors (Lipinski definition) is 2. The molecule has 0 radical (unpaired) electrons. The van der Waals surface area contributed by atoms with Crippen LogP contribution in [0.4, 0.5) is 0 Å². The number of aromatic nitrogens is 4. The lowest BCUT2D eigenvalue weighted by molar-refractivity contribution is 0.577. The van der Waals surface area contributed by atoms with Crippen LogP contribution in [0.2, 0.25) is 0 Å². The molecule has 2 heterocycles. The summed E-state index contributed by atoms with van der Waals surface area (Å²) in [5.41, 5.74) is 0.986. The molecule has 2 rings (SSSR count). The fraction of sp³-hybridized carbons (Fsp3) is 0.333. The third-order valence-corrected chi connectivity index (χ3v) is 3.62. The van der Waals surface area contributed by atoms with Gasteiger partial charge in [-0.15, -0.1) is 0 Å². The van der Waals surface area contributed by atoms with Gasteiger partial charge in [0.15, 0.2) is 5.03 Å². The third kappa shape index (κ3) is 2.92. The standard InChI is InChI=1S/C9H13N5O2S/c1-14-7-8(6-11-14)2-5-12-17(15,16)9-3-4-10-13-9/h3-4,6-7,12H,2,5H2,1H3,(H,10,13). The average Bonchev–Trinajstić information content (AvgIpc) is 2.89. The summed E-state index contributed by atoms with van der Waals surface area (Å²) < 4.78 is 27.5. The van der Waals surface area contributed by atoms with Crippen molar-refractivity contribution in [2.45, 2.75) is 11.4 Å². The molecule has 0 amide bonds. The number of nitrogens with zero attached hydrogens (tertiary/aromatic N) is 3. The minimum Gasteiger partial charge on any atom is -0.276 e. The van der Waals surface area contributed by atoms with Crippen molar-refractivity contribution >= 4 is 10.0 Å². The molecule has 0 aliphatic carbocycles. The molecule has 7 nitrogen and oxygen atoms in total. The Morgan fingerprint density at radius 3 is 2.94 bits per heavy atom. The van der Waals surface area contributed by atoms with Crippen LogP contribution in [-0.2, 0) is 23.5 Å².